The van der Waals surface area contributed by atoms with E-state index in [4.69, 9.17) is 5.26 Å². The van der Waals surface area contributed by atoms with Crippen molar-refractivity contribution in [2.24, 2.45) is 5.92 Å². The Morgan fingerprint density at radius 1 is 1.46 bits per heavy atom. The van der Waals surface area contributed by atoms with Crippen molar-refractivity contribution in [1.82, 2.24) is 13.9 Å². The van der Waals surface area contributed by atoms with Crippen molar-refractivity contribution in [1.29, 1.82) is 5.26 Å². The SMILES string of the molecule is CN(CC1CCc2nccn2C1)S(=O)(=O)Cc1cccc(C#N)c1. The summed E-state index contributed by atoms with van der Waals surface area (Å²) in [6, 6.07) is 8.79. The zero-order valence-electron chi connectivity index (χ0n) is 13.6. The van der Waals surface area contributed by atoms with E-state index in [1.165, 1.54) is 4.31 Å². The van der Waals surface area contributed by atoms with Crippen LogP contribution in [0, 0.1) is 17.2 Å². The molecule has 1 aromatic carbocycles. The molecule has 0 aliphatic carbocycles. The number of fused-ring (bicyclic) bond motifs is 1. The number of nitriles is 1. The molecule has 1 aliphatic rings. The Hall–Kier alpha value is -2.17. The first kappa shape index (κ1) is 16.7. The smallest absolute Gasteiger partial charge is 0.218 e. The second-order valence-corrected chi connectivity index (χ2v) is 8.33. The number of benzene rings is 1. The lowest BCUT2D eigenvalue weighted by Crippen LogP contribution is -2.36. The molecule has 2 heterocycles. The van der Waals surface area contributed by atoms with Crippen LogP contribution in [0.1, 0.15) is 23.4 Å². The summed E-state index contributed by atoms with van der Waals surface area (Å²) in [6.07, 6.45) is 5.57. The maximum absolute atomic E-state index is 12.6. The summed E-state index contributed by atoms with van der Waals surface area (Å²) >= 11 is 0. The summed E-state index contributed by atoms with van der Waals surface area (Å²) in [5.74, 6) is 1.28. The monoisotopic (exact) mass is 344 g/mol. The highest BCUT2D eigenvalue weighted by Gasteiger charge is 2.25. The number of hydrogen-bond donors (Lipinski definition) is 0. The average molecular weight is 344 g/mol. The molecule has 1 aromatic heterocycles. The van der Waals surface area contributed by atoms with E-state index in [1.807, 2.05) is 12.3 Å². The van der Waals surface area contributed by atoms with Gasteiger partial charge in [-0.1, -0.05) is 12.1 Å². The van der Waals surface area contributed by atoms with Gasteiger partial charge in [0.2, 0.25) is 10.0 Å². The summed E-state index contributed by atoms with van der Waals surface area (Å²) in [7, 11) is -1.77. The molecule has 6 nitrogen and oxygen atoms in total. The third kappa shape index (κ3) is 3.66. The quantitative estimate of drug-likeness (QED) is 0.828. The van der Waals surface area contributed by atoms with E-state index in [1.54, 1.807) is 37.5 Å². The molecule has 1 aliphatic heterocycles. The average Bonchev–Trinajstić information content (AvgIpc) is 3.02. The molecule has 126 valence electrons. The van der Waals surface area contributed by atoms with Gasteiger partial charge in [0.05, 0.1) is 17.4 Å². The van der Waals surface area contributed by atoms with E-state index < -0.39 is 10.0 Å². The van der Waals surface area contributed by atoms with Crippen LogP contribution in [0.3, 0.4) is 0 Å². The molecule has 0 spiro atoms. The summed E-state index contributed by atoms with van der Waals surface area (Å²) < 4.78 is 28.7. The molecule has 0 fully saturated rings. The first-order chi connectivity index (χ1) is 11.5. The summed E-state index contributed by atoms with van der Waals surface area (Å²) in [5, 5.41) is 8.93. The Labute approximate surface area is 142 Å². The molecule has 0 bridgehead atoms. The highest BCUT2D eigenvalue weighted by atomic mass is 32.2. The second-order valence-electron chi connectivity index (χ2n) is 6.25. The molecule has 24 heavy (non-hydrogen) atoms. The minimum Gasteiger partial charge on any atom is -0.335 e. The molecular formula is C17H20N4O2S. The highest BCUT2D eigenvalue weighted by Crippen LogP contribution is 2.21. The fourth-order valence-electron chi connectivity index (χ4n) is 3.11. The van der Waals surface area contributed by atoms with Crippen LogP contribution in [0.2, 0.25) is 0 Å². The van der Waals surface area contributed by atoms with Crippen LogP contribution in [0.4, 0.5) is 0 Å². The lowest BCUT2D eigenvalue weighted by atomic mass is 10.00. The van der Waals surface area contributed by atoms with Crippen molar-refractivity contribution in [3.05, 3.63) is 53.6 Å². The number of rotatable bonds is 5. The van der Waals surface area contributed by atoms with Gasteiger partial charge in [0.1, 0.15) is 5.82 Å². The number of nitrogens with zero attached hydrogens (tertiary/aromatic N) is 4. The number of aryl methyl sites for hydroxylation is 1. The molecule has 7 heteroatoms. The fourth-order valence-corrected chi connectivity index (χ4v) is 4.37. The van der Waals surface area contributed by atoms with Crippen molar-refractivity contribution >= 4 is 10.0 Å². The van der Waals surface area contributed by atoms with Crippen LogP contribution in [-0.4, -0.2) is 35.9 Å². The Balaban J connectivity index is 1.65. The van der Waals surface area contributed by atoms with E-state index in [9.17, 15) is 8.42 Å². The third-order valence-corrected chi connectivity index (χ3v) is 6.23. The predicted molar refractivity (Wildman–Crippen MR) is 90.4 cm³/mol. The third-order valence-electron chi connectivity index (χ3n) is 4.43. The Morgan fingerprint density at radius 2 is 2.29 bits per heavy atom. The minimum atomic E-state index is -3.40. The van der Waals surface area contributed by atoms with E-state index in [-0.39, 0.29) is 11.7 Å². The van der Waals surface area contributed by atoms with Gasteiger partial charge in [0.15, 0.2) is 0 Å². The van der Waals surface area contributed by atoms with Gasteiger partial charge in [-0.05, 0) is 30.0 Å². The van der Waals surface area contributed by atoms with Gasteiger partial charge in [-0.25, -0.2) is 17.7 Å². The Kier molecular flexibility index (Phi) is 4.69. The molecule has 0 N–H and O–H groups in total. The first-order valence-corrected chi connectivity index (χ1v) is 9.52. The lowest BCUT2D eigenvalue weighted by molar-refractivity contribution is 0.303. The normalized spacial score (nSPS) is 17.5. The zero-order valence-corrected chi connectivity index (χ0v) is 14.4. The van der Waals surface area contributed by atoms with Gasteiger partial charge < -0.3 is 4.57 Å². The molecule has 3 rings (SSSR count). The van der Waals surface area contributed by atoms with Gasteiger partial charge >= 0.3 is 0 Å². The van der Waals surface area contributed by atoms with Crippen molar-refractivity contribution in [3.63, 3.8) is 0 Å². The fraction of sp³-hybridized carbons (Fsp3) is 0.412. The van der Waals surface area contributed by atoms with Crippen molar-refractivity contribution < 1.29 is 8.42 Å². The van der Waals surface area contributed by atoms with Crippen LogP contribution in [0.15, 0.2) is 36.7 Å². The molecule has 0 saturated carbocycles. The maximum Gasteiger partial charge on any atom is 0.218 e. The van der Waals surface area contributed by atoms with Crippen LogP contribution in [0.25, 0.3) is 0 Å². The van der Waals surface area contributed by atoms with Gasteiger partial charge in [-0.2, -0.15) is 5.26 Å². The second kappa shape index (κ2) is 6.75. The van der Waals surface area contributed by atoms with Crippen LogP contribution < -0.4 is 0 Å². The summed E-state index contributed by atoms with van der Waals surface area (Å²) in [4.78, 5) is 4.30. The van der Waals surface area contributed by atoms with E-state index in [2.05, 4.69) is 9.55 Å². The van der Waals surface area contributed by atoms with Crippen LogP contribution >= 0.6 is 0 Å². The largest absolute Gasteiger partial charge is 0.335 e. The van der Waals surface area contributed by atoms with Gasteiger partial charge in [-0.15, -0.1) is 0 Å². The summed E-state index contributed by atoms with van der Waals surface area (Å²) in [6.45, 7) is 1.30. The number of aromatic nitrogens is 2. The zero-order chi connectivity index (χ0) is 17.2. The van der Waals surface area contributed by atoms with Crippen molar-refractivity contribution in [2.75, 3.05) is 13.6 Å². The number of sulfonamides is 1. The van der Waals surface area contributed by atoms with E-state index >= 15 is 0 Å². The lowest BCUT2D eigenvalue weighted by Gasteiger charge is -2.27. The highest BCUT2D eigenvalue weighted by molar-refractivity contribution is 7.88. The van der Waals surface area contributed by atoms with E-state index in [0.29, 0.717) is 17.7 Å². The first-order valence-electron chi connectivity index (χ1n) is 7.91. The van der Waals surface area contributed by atoms with Crippen molar-refractivity contribution in [3.8, 4) is 6.07 Å². The standard InChI is InChI=1S/C17H20N4O2S/c1-20(11-16-5-6-17-19-7-8-21(17)12-16)24(22,23)13-15-4-2-3-14(9-15)10-18/h2-4,7-9,16H,5-6,11-13H2,1H3. The molecule has 1 atom stereocenters. The molecule has 0 saturated heterocycles. The Morgan fingerprint density at radius 3 is 3.08 bits per heavy atom. The molecular weight excluding hydrogens is 324 g/mol. The maximum atomic E-state index is 12.6. The topological polar surface area (TPSA) is 79.0 Å². The van der Waals surface area contributed by atoms with Crippen LogP contribution in [0.5, 0.6) is 0 Å². The number of hydrogen-bond acceptors (Lipinski definition) is 4. The molecule has 2 aromatic rings. The molecule has 1 unspecified atom stereocenters. The summed E-state index contributed by atoms with van der Waals surface area (Å²) in [5.41, 5.74) is 1.12. The minimum absolute atomic E-state index is 0.0813. The molecule has 0 amide bonds. The van der Waals surface area contributed by atoms with Crippen LogP contribution in [-0.2, 0) is 28.7 Å². The molecule has 0 radical (unpaired) electrons. The predicted octanol–water partition coefficient (Wildman–Crippen LogP) is 1.78. The Bertz CT molecular complexity index is 867. The van der Waals surface area contributed by atoms with Crippen molar-refractivity contribution in [2.45, 2.75) is 25.1 Å². The van der Waals surface area contributed by atoms with Gasteiger partial charge in [0.25, 0.3) is 0 Å². The van der Waals surface area contributed by atoms with Gasteiger partial charge in [0, 0.05) is 39.0 Å². The van der Waals surface area contributed by atoms with E-state index in [0.717, 1.165) is 25.2 Å². The van der Waals surface area contributed by atoms with Gasteiger partial charge in [-0.3, -0.25) is 0 Å². The number of imidazole rings is 1.